The van der Waals surface area contributed by atoms with Crippen LogP contribution in [-0.2, 0) is 0 Å². The van der Waals surface area contributed by atoms with Crippen molar-refractivity contribution in [2.45, 2.75) is 24.7 Å². The van der Waals surface area contributed by atoms with E-state index in [1.807, 2.05) is 31.2 Å². The maximum Gasteiger partial charge on any atom is 0.389 e. The van der Waals surface area contributed by atoms with Gasteiger partial charge in [-0.1, -0.05) is 23.9 Å². The molecule has 2 rings (SSSR count). The first-order valence-electron chi connectivity index (χ1n) is 6.20. The van der Waals surface area contributed by atoms with Crippen LogP contribution in [0.1, 0.15) is 13.3 Å². The van der Waals surface area contributed by atoms with Crippen molar-refractivity contribution in [3.8, 4) is 0 Å². The number of fused-ring (bicyclic) bond motifs is 1. The molecule has 0 spiro atoms. The Balaban J connectivity index is 2.21. The summed E-state index contributed by atoms with van der Waals surface area (Å²) >= 11 is 1.02. The summed E-state index contributed by atoms with van der Waals surface area (Å²) in [5, 5.41) is 4.35. The molecule has 108 valence electrons. The Morgan fingerprint density at radius 3 is 2.65 bits per heavy atom. The summed E-state index contributed by atoms with van der Waals surface area (Å²) in [7, 11) is 0. The highest BCUT2D eigenvalue weighted by atomic mass is 32.2. The number of anilines is 1. The van der Waals surface area contributed by atoms with E-state index < -0.39 is 12.6 Å². The Labute approximate surface area is 119 Å². The second-order valence-electron chi connectivity index (χ2n) is 4.12. The predicted molar refractivity (Wildman–Crippen MR) is 75.1 cm³/mol. The fourth-order valence-corrected chi connectivity index (χ4v) is 2.51. The van der Waals surface area contributed by atoms with E-state index in [0.29, 0.717) is 17.5 Å². The fraction of sp³-hybridized carbons (Fsp3) is 0.385. The molecule has 0 amide bonds. The molecule has 0 aliphatic rings. The molecule has 20 heavy (non-hydrogen) atoms. The minimum atomic E-state index is -4.14. The molecule has 0 radical (unpaired) electrons. The number of rotatable bonds is 5. The fourth-order valence-electron chi connectivity index (χ4n) is 1.68. The lowest BCUT2D eigenvalue weighted by Crippen LogP contribution is -2.08. The van der Waals surface area contributed by atoms with Crippen molar-refractivity contribution in [3.63, 3.8) is 0 Å². The van der Waals surface area contributed by atoms with E-state index in [4.69, 9.17) is 0 Å². The standard InChI is InChI=1S/C13H14F3N3S/c1-2-17-11-9-5-3-4-6-10(9)18-12(19-11)20-8-7-13(14,15)16/h3-6H,2,7-8H2,1H3,(H,17,18,19). The van der Waals surface area contributed by atoms with Crippen LogP contribution >= 0.6 is 11.8 Å². The third kappa shape index (κ3) is 4.00. The number of hydrogen-bond donors (Lipinski definition) is 1. The third-order valence-corrected chi connectivity index (χ3v) is 3.39. The minimum absolute atomic E-state index is 0.0760. The van der Waals surface area contributed by atoms with Gasteiger partial charge in [0.05, 0.1) is 11.9 Å². The van der Waals surface area contributed by atoms with Crippen LogP contribution in [0.5, 0.6) is 0 Å². The topological polar surface area (TPSA) is 37.8 Å². The maximum absolute atomic E-state index is 12.1. The second-order valence-corrected chi connectivity index (χ2v) is 5.18. The Morgan fingerprint density at radius 2 is 1.95 bits per heavy atom. The number of benzene rings is 1. The molecular weight excluding hydrogens is 287 g/mol. The molecule has 1 heterocycles. The van der Waals surface area contributed by atoms with Gasteiger partial charge in [0.25, 0.3) is 0 Å². The van der Waals surface area contributed by atoms with Crippen LogP contribution in [0.2, 0.25) is 0 Å². The summed E-state index contributed by atoms with van der Waals surface area (Å²) in [6, 6.07) is 7.43. The molecule has 0 atom stereocenters. The SMILES string of the molecule is CCNc1nc(SCCC(F)(F)F)nc2ccccc12. The Hall–Kier alpha value is -1.50. The van der Waals surface area contributed by atoms with Crippen molar-refractivity contribution in [3.05, 3.63) is 24.3 Å². The first-order valence-corrected chi connectivity index (χ1v) is 7.18. The maximum atomic E-state index is 12.1. The molecule has 0 aliphatic carbocycles. The van der Waals surface area contributed by atoms with Crippen LogP contribution in [0.4, 0.5) is 19.0 Å². The number of alkyl halides is 3. The van der Waals surface area contributed by atoms with Crippen molar-refractivity contribution >= 4 is 28.5 Å². The smallest absolute Gasteiger partial charge is 0.370 e. The van der Waals surface area contributed by atoms with Crippen LogP contribution in [0.3, 0.4) is 0 Å². The third-order valence-electron chi connectivity index (χ3n) is 2.54. The van der Waals surface area contributed by atoms with Crippen molar-refractivity contribution in [1.29, 1.82) is 0 Å². The lowest BCUT2D eigenvalue weighted by atomic mass is 10.2. The van der Waals surface area contributed by atoms with E-state index in [1.165, 1.54) is 0 Å². The van der Waals surface area contributed by atoms with E-state index in [1.54, 1.807) is 0 Å². The average molecular weight is 301 g/mol. The molecule has 0 saturated heterocycles. The van der Waals surface area contributed by atoms with Gasteiger partial charge in [-0.25, -0.2) is 9.97 Å². The van der Waals surface area contributed by atoms with Crippen molar-refractivity contribution in [1.82, 2.24) is 9.97 Å². The van der Waals surface area contributed by atoms with Crippen LogP contribution < -0.4 is 5.32 Å². The molecular formula is C13H14F3N3S. The molecule has 7 heteroatoms. The second kappa shape index (κ2) is 6.30. The van der Waals surface area contributed by atoms with Crippen LogP contribution in [0.15, 0.2) is 29.4 Å². The first-order chi connectivity index (χ1) is 9.49. The molecule has 1 aromatic heterocycles. The number of hydrogen-bond acceptors (Lipinski definition) is 4. The summed E-state index contributed by atoms with van der Waals surface area (Å²) in [5.74, 6) is 0.584. The molecule has 0 aliphatic heterocycles. The van der Waals surface area contributed by atoms with Gasteiger partial charge in [-0.3, -0.25) is 0 Å². The normalized spacial score (nSPS) is 11.8. The van der Waals surface area contributed by atoms with Crippen molar-refractivity contribution in [2.75, 3.05) is 17.6 Å². The number of aromatic nitrogens is 2. The van der Waals surface area contributed by atoms with E-state index in [2.05, 4.69) is 15.3 Å². The van der Waals surface area contributed by atoms with Gasteiger partial charge >= 0.3 is 6.18 Å². The first kappa shape index (κ1) is 14.9. The molecule has 3 nitrogen and oxygen atoms in total. The number of nitrogens with one attached hydrogen (secondary N) is 1. The zero-order chi connectivity index (χ0) is 14.6. The van der Waals surface area contributed by atoms with Crippen LogP contribution in [0, 0.1) is 0 Å². The monoisotopic (exact) mass is 301 g/mol. The molecule has 1 aromatic carbocycles. The predicted octanol–water partition coefficient (Wildman–Crippen LogP) is 4.11. The van der Waals surface area contributed by atoms with Gasteiger partial charge in [0.1, 0.15) is 5.82 Å². The summed E-state index contributed by atoms with van der Waals surface area (Å²) in [5.41, 5.74) is 0.730. The van der Waals surface area contributed by atoms with Gasteiger partial charge in [-0.2, -0.15) is 13.2 Å². The van der Waals surface area contributed by atoms with Crippen molar-refractivity contribution in [2.24, 2.45) is 0 Å². The molecule has 1 N–H and O–H groups in total. The van der Waals surface area contributed by atoms with Crippen LogP contribution in [0.25, 0.3) is 10.9 Å². The van der Waals surface area contributed by atoms with Gasteiger partial charge < -0.3 is 5.32 Å². The Morgan fingerprint density at radius 1 is 1.20 bits per heavy atom. The highest BCUT2D eigenvalue weighted by Crippen LogP contribution is 2.27. The van der Waals surface area contributed by atoms with Gasteiger partial charge in [-0.05, 0) is 19.1 Å². The van der Waals surface area contributed by atoms with Gasteiger partial charge in [0.15, 0.2) is 5.16 Å². The highest BCUT2D eigenvalue weighted by Gasteiger charge is 2.26. The highest BCUT2D eigenvalue weighted by molar-refractivity contribution is 7.99. The number of thioether (sulfide) groups is 1. The average Bonchev–Trinajstić information content (AvgIpc) is 2.37. The largest absolute Gasteiger partial charge is 0.389 e. The minimum Gasteiger partial charge on any atom is -0.370 e. The zero-order valence-corrected chi connectivity index (χ0v) is 11.7. The van der Waals surface area contributed by atoms with E-state index >= 15 is 0 Å². The van der Waals surface area contributed by atoms with Crippen molar-refractivity contribution < 1.29 is 13.2 Å². The molecule has 0 bridgehead atoms. The quantitative estimate of drug-likeness (QED) is 0.666. The lowest BCUT2D eigenvalue weighted by molar-refractivity contribution is -0.129. The van der Waals surface area contributed by atoms with Gasteiger partial charge in [-0.15, -0.1) is 0 Å². The Bertz CT molecular complexity index is 587. The van der Waals surface area contributed by atoms with E-state index in [0.717, 1.165) is 22.7 Å². The Kier molecular flexibility index (Phi) is 4.69. The summed E-state index contributed by atoms with van der Waals surface area (Å²) in [4.78, 5) is 8.57. The summed E-state index contributed by atoms with van der Waals surface area (Å²) in [6.07, 6.45) is -4.99. The summed E-state index contributed by atoms with van der Waals surface area (Å²) in [6.45, 7) is 2.63. The number of nitrogens with zero attached hydrogens (tertiary/aromatic N) is 2. The number of para-hydroxylation sites is 1. The molecule has 0 unspecified atom stereocenters. The molecule has 0 saturated carbocycles. The van der Waals surface area contributed by atoms with Crippen LogP contribution in [-0.4, -0.2) is 28.4 Å². The number of halogens is 3. The molecule has 2 aromatic rings. The van der Waals surface area contributed by atoms with Gasteiger partial charge in [0.2, 0.25) is 0 Å². The van der Waals surface area contributed by atoms with E-state index in [9.17, 15) is 13.2 Å². The lowest BCUT2D eigenvalue weighted by Gasteiger charge is -2.09. The molecule has 0 fully saturated rings. The van der Waals surface area contributed by atoms with E-state index in [-0.39, 0.29) is 5.75 Å². The zero-order valence-electron chi connectivity index (χ0n) is 10.9. The van der Waals surface area contributed by atoms with Gasteiger partial charge in [0, 0.05) is 17.7 Å². The summed E-state index contributed by atoms with van der Waals surface area (Å²) < 4.78 is 36.4.